The molecule has 2 aromatic rings. The number of carbonyl (C=O) groups excluding carboxylic acids is 3. The number of urea groups is 1. The van der Waals surface area contributed by atoms with Crippen molar-refractivity contribution < 1.29 is 27.5 Å². The van der Waals surface area contributed by atoms with Crippen LogP contribution < -0.4 is 15.4 Å². The van der Waals surface area contributed by atoms with Crippen LogP contribution in [0.5, 0.6) is 0 Å². The quantitative estimate of drug-likeness (QED) is 0.575. The molecule has 0 radical (unpaired) electrons. The topological polar surface area (TPSA) is 131 Å². The fourth-order valence-corrected chi connectivity index (χ4v) is 3.54. The normalized spacial score (nSPS) is 14.3. The Hall–Kier alpha value is -3.40. The Morgan fingerprint density at radius 2 is 1.73 bits per heavy atom. The lowest BCUT2D eigenvalue weighted by atomic mass is 10.2. The number of rotatable bonds is 7. The Balaban J connectivity index is 1.61. The van der Waals surface area contributed by atoms with Gasteiger partial charge in [-0.1, -0.05) is 24.3 Å². The second kappa shape index (κ2) is 8.95. The molecule has 0 aromatic heterocycles. The molecule has 0 spiro atoms. The van der Waals surface area contributed by atoms with Crippen molar-refractivity contribution in [2.24, 2.45) is 0 Å². The standard InChI is InChI=1S/C20H21N3O6S/c1-13(18(24)22-20(26)21-15-10-11-15)29-19(25)14-6-5-7-16(12-14)23-30(27,28)17-8-3-2-4-9-17/h2-9,12-13,15,23H,10-11H2,1H3,(H2,21,22,24,26). The molecule has 0 heterocycles. The molecule has 1 unspecified atom stereocenters. The molecule has 1 atom stereocenters. The summed E-state index contributed by atoms with van der Waals surface area (Å²) >= 11 is 0. The van der Waals surface area contributed by atoms with Crippen molar-refractivity contribution in [3.8, 4) is 0 Å². The number of carbonyl (C=O) groups is 3. The number of anilines is 1. The monoisotopic (exact) mass is 431 g/mol. The van der Waals surface area contributed by atoms with Crippen LogP contribution >= 0.6 is 0 Å². The third-order valence-corrected chi connectivity index (χ3v) is 5.60. The third-order valence-electron chi connectivity index (χ3n) is 4.21. The van der Waals surface area contributed by atoms with Gasteiger partial charge in [-0.2, -0.15) is 0 Å². The highest BCUT2D eigenvalue weighted by Crippen LogP contribution is 2.19. The van der Waals surface area contributed by atoms with Gasteiger partial charge in [0.2, 0.25) is 0 Å². The highest BCUT2D eigenvalue weighted by molar-refractivity contribution is 7.92. The second-order valence-electron chi connectivity index (χ2n) is 6.78. The van der Waals surface area contributed by atoms with E-state index in [0.29, 0.717) is 0 Å². The summed E-state index contributed by atoms with van der Waals surface area (Å²) in [5.74, 6) is -1.59. The third kappa shape index (κ3) is 5.80. The van der Waals surface area contributed by atoms with Gasteiger partial charge >= 0.3 is 12.0 Å². The average Bonchev–Trinajstić information content (AvgIpc) is 3.52. The molecule has 0 saturated heterocycles. The van der Waals surface area contributed by atoms with Gasteiger partial charge in [0.05, 0.1) is 10.5 Å². The molecular formula is C20H21N3O6S. The van der Waals surface area contributed by atoms with Crippen molar-refractivity contribution in [1.29, 1.82) is 0 Å². The first kappa shape index (κ1) is 21.3. The van der Waals surface area contributed by atoms with E-state index in [1.165, 1.54) is 43.3 Å². The first-order valence-electron chi connectivity index (χ1n) is 9.25. The van der Waals surface area contributed by atoms with Gasteiger partial charge in [-0.3, -0.25) is 14.8 Å². The number of sulfonamides is 1. The van der Waals surface area contributed by atoms with E-state index >= 15 is 0 Å². The Morgan fingerprint density at radius 1 is 1.03 bits per heavy atom. The van der Waals surface area contributed by atoms with Gasteiger partial charge in [0, 0.05) is 11.7 Å². The van der Waals surface area contributed by atoms with Gasteiger partial charge in [-0.05, 0) is 50.1 Å². The lowest BCUT2D eigenvalue weighted by molar-refractivity contribution is -0.127. The van der Waals surface area contributed by atoms with Crippen LogP contribution in [0.3, 0.4) is 0 Å². The minimum atomic E-state index is -3.82. The number of hydrogen-bond acceptors (Lipinski definition) is 6. The minimum Gasteiger partial charge on any atom is -0.449 e. The Bertz CT molecular complexity index is 1050. The summed E-state index contributed by atoms with van der Waals surface area (Å²) in [4.78, 5) is 36.0. The zero-order chi connectivity index (χ0) is 21.7. The molecule has 3 amide bonds. The van der Waals surface area contributed by atoms with Crippen LogP contribution in [0.4, 0.5) is 10.5 Å². The maximum atomic E-state index is 12.4. The van der Waals surface area contributed by atoms with E-state index in [1.807, 2.05) is 0 Å². The predicted molar refractivity (Wildman–Crippen MR) is 108 cm³/mol. The number of hydrogen-bond donors (Lipinski definition) is 3. The number of amides is 3. The molecule has 10 heteroatoms. The summed E-state index contributed by atoms with van der Waals surface area (Å²) in [5.41, 5.74) is 0.208. The molecule has 2 aromatic carbocycles. The van der Waals surface area contributed by atoms with E-state index in [9.17, 15) is 22.8 Å². The molecule has 9 nitrogen and oxygen atoms in total. The average molecular weight is 431 g/mol. The fraction of sp³-hybridized carbons (Fsp3) is 0.250. The summed E-state index contributed by atoms with van der Waals surface area (Å²) < 4.78 is 32.3. The Labute approximate surface area is 173 Å². The summed E-state index contributed by atoms with van der Waals surface area (Å²) in [5, 5.41) is 4.70. The molecule has 3 N–H and O–H groups in total. The van der Waals surface area contributed by atoms with Crippen LogP contribution in [0.25, 0.3) is 0 Å². The minimum absolute atomic E-state index is 0.0466. The molecule has 1 aliphatic carbocycles. The fourth-order valence-electron chi connectivity index (χ4n) is 2.47. The van der Waals surface area contributed by atoms with Crippen LogP contribution in [0.2, 0.25) is 0 Å². The maximum Gasteiger partial charge on any atom is 0.338 e. The van der Waals surface area contributed by atoms with E-state index < -0.39 is 34.0 Å². The molecule has 3 rings (SSSR count). The van der Waals surface area contributed by atoms with E-state index in [4.69, 9.17) is 4.74 Å². The zero-order valence-corrected chi connectivity index (χ0v) is 16.9. The molecule has 0 bridgehead atoms. The van der Waals surface area contributed by atoms with Crippen molar-refractivity contribution in [1.82, 2.24) is 10.6 Å². The SMILES string of the molecule is CC(OC(=O)c1cccc(NS(=O)(=O)c2ccccc2)c1)C(=O)NC(=O)NC1CC1. The second-order valence-corrected chi connectivity index (χ2v) is 8.47. The van der Waals surface area contributed by atoms with Crippen LogP contribution in [0.1, 0.15) is 30.1 Å². The summed E-state index contributed by atoms with van der Waals surface area (Å²) in [7, 11) is -3.82. The highest BCUT2D eigenvalue weighted by atomic mass is 32.2. The molecular weight excluding hydrogens is 410 g/mol. The lowest BCUT2D eigenvalue weighted by Crippen LogP contribution is -2.45. The number of esters is 1. The van der Waals surface area contributed by atoms with Crippen LogP contribution in [-0.4, -0.2) is 38.5 Å². The Kier molecular flexibility index (Phi) is 6.36. The van der Waals surface area contributed by atoms with E-state index in [1.54, 1.807) is 18.2 Å². The molecule has 1 fully saturated rings. The summed E-state index contributed by atoms with van der Waals surface area (Å²) in [6, 6.07) is 12.9. The van der Waals surface area contributed by atoms with Crippen LogP contribution in [-0.2, 0) is 19.6 Å². The van der Waals surface area contributed by atoms with Crippen molar-refractivity contribution in [2.75, 3.05) is 4.72 Å². The van der Waals surface area contributed by atoms with Gasteiger partial charge in [0.1, 0.15) is 0 Å². The predicted octanol–water partition coefficient (Wildman–Crippen LogP) is 2.02. The van der Waals surface area contributed by atoms with E-state index in [0.717, 1.165) is 12.8 Å². The molecule has 30 heavy (non-hydrogen) atoms. The summed E-state index contributed by atoms with van der Waals surface area (Å²) in [6.07, 6.45) is 0.527. The van der Waals surface area contributed by atoms with Gasteiger partial charge in [-0.15, -0.1) is 0 Å². The molecule has 1 aliphatic rings. The van der Waals surface area contributed by atoms with Gasteiger partial charge < -0.3 is 10.1 Å². The number of imide groups is 1. The first-order chi connectivity index (χ1) is 14.2. The van der Waals surface area contributed by atoms with Gasteiger partial charge in [0.25, 0.3) is 15.9 Å². The number of benzene rings is 2. The van der Waals surface area contributed by atoms with E-state index in [-0.39, 0.29) is 22.2 Å². The van der Waals surface area contributed by atoms with Crippen molar-refractivity contribution in [3.63, 3.8) is 0 Å². The lowest BCUT2D eigenvalue weighted by Gasteiger charge is -2.14. The zero-order valence-electron chi connectivity index (χ0n) is 16.1. The first-order valence-corrected chi connectivity index (χ1v) is 10.7. The summed E-state index contributed by atoms with van der Waals surface area (Å²) in [6.45, 7) is 1.33. The Morgan fingerprint density at radius 3 is 2.40 bits per heavy atom. The molecule has 158 valence electrons. The highest BCUT2D eigenvalue weighted by Gasteiger charge is 2.26. The smallest absolute Gasteiger partial charge is 0.338 e. The van der Waals surface area contributed by atoms with Crippen LogP contribution in [0.15, 0.2) is 59.5 Å². The largest absolute Gasteiger partial charge is 0.449 e. The van der Waals surface area contributed by atoms with E-state index in [2.05, 4.69) is 15.4 Å². The van der Waals surface area contributed by atoms with Crippen molar-refractivity contribution >= 4 is 33.6 Å². The van der Waals surface area contributed by atoms with Gasteiger partial charge in [-0.25, -0.2) is 18.0 Å². The maximum absolute atomic E-state index is 12.4. The van der Waals surface area contributed by atoms with Crippen LogP contribution in [0, 0.1) is 0 Å². The molecule has 1 saturated carbocycles. The number of ether oxygens (including phenoxy) is 1. The van der Waals surface area contributed by atoms with Crippen molar-refractivity contribution in [2.45, 2.75) is 36.8 Å². The van der Waals surface area contributed by atoms with Gasteiger partial charge in [0.15, 0.2) is 6.10 Å². The van der Waals surface area contributed by atoms with Crippen molar-refractivity contribution in [3.05, 3.63) is 60.2 Å². The molecule has 0 aliphatic heterocycles. The number of nitrogens with one attached hydrogen (secondary N) is 3.